The number of phenols is 1. The normalized spacial score (nSPS) is 15.9. The van der Waals surface area contributed by atoms with Crippen molar-refractivity contribution in [2.45, 2.75) is 70.3 Å². The van der Waals surface area contributed by atoms with Crippen molar-refractivity contribution in [3.63, 3.8) is 0 Å². The Kier molecular flexibility index (Phi) is 11.8. The van der Waals surface area contributed by atoms with Gasteiger partial charge in [0.1, 0.15) is 17.8 Å². The van der Waals surface area contributed by atoms with Crippen molar-refractivity contribution in [3.05, 3.63) is 29.8 Å². The third-order valence-corrected chi connectivity index (χ3v) is 5.58. The first-order valence-corrected chi connectivity index (χ1v) is 11.3. The van der Waals surface area contributed by atoms with Crippen LogP contribution in [0.4, 0.5) is 0 Å². The van der Waals surface area contributed by atoms with E-state index in [-0.39, 0.29) is 12.2 Å². The lowest BCUT2D eigenvalue weighted by atomic mass is 9.96. The zero-order chi connectivity index (χ0) is 27.6. The van der Waals surface area contributed by atoms with Crippen molar-refractivity contribution in [1.29, 1.82) is 0 Å². The summed E-state index contributed by atoms with van der Waals surface area (Å²) in [4.78, 5) is 60.8. The standard InChI is InChI=1S/C23H34N4O9/c1-4-11(2)18(26-20(32)15(24)9-13-5-7-14(29)8-6-13)22(34)25-16(10-17(30)31)21(33)27-19(12(3)28)23(35)36/h5-8,11-12,15-16,18-19,28-29H,4,9-10,24H2,1-3H3,(H,25,34)(H,26,32)(H,27,33)(H,30,31)(H,35,36). The average Bonchev–Trinajstić information content (AvgIpc) is 2.80. The minimum Gasteiger partial charge on any atom is -0.508 e. The number of aliphatic hydroxyl groups excluding tert-OH is 1. The van der Waals surface area contributed by atoms with Gasteiger partial charge in [0, 0.05) is 0 Å². The van der Waals surface area contributed by atoms with Crippen LogP contribution < -0.4 is 21.7 Å². The molecule has 6 unspecified atom stereocenters. The summed E-state index contributed by atoms with van der Waals surface area (Å²) >= 11 is 0. The molecule has 0 aliphatic rings. The number of carbonyl (C=O) groups excluding carboxylic acids is 3. The highest BCUT2D eigenvalue weighted by molar-refractivity contribution is 5.95. The van der Waals surface area contributed by atoms with Crippen LogP contribution in [-0.4, -0.2) is 80.4 Å². The lowest BCUT2D eigenvalue weighted by molar-refractivity contribution is -0.146. The molecule has 0 radical (unpaired) electrons. The van der Waals surface area contributed by atoms with Crippen LogP contribution in [0.25, 0.3) is 0 Å². The number of amides is 3. The number of aliphatic hydroxyl groups is 1. The monoisotopic (exact) mass is 510 g/mol. The molecule has 1 rings (SSSR count). The fraction of sp³-hybridized carbons (Fsp3) is 0.522. The van der Waals surface area contributed by atoms with E-state index in [0.717, 1.165) is 6.92 Å². The van der Waals surface area contributed by atoms with Crippen LogP contribution >= 0.6 is 0 Å². The number of carboxylic acids is 2. The van der Waals surface area contributed by atoms with Crippen LogP contribution in [0.5, 0.6) is 5.75 Å². The number of carbonyl (C=O) groups is 5. The SMILES string of the molecule is CCC(C)C(NC(=O)C(N)Cc1ccc(O)cc1)C(=O)NC(CC(=O)O)C(=O)NC(C(=O)O)C(C)O. The number of benzene rings is 1. The minimum absolute atomic E-state index is 0.0494. The van der Waals surface area contributed by atoms with E-state index in [1.165, 1.54) is 12.1 Å². The summed E-state index contributed by atoms with van der Waals surface area (Å²) in [5, 5.41) is 44.1. The van der Waals surface area contributed by atoms with Crippen LogP contribution in [0.15, 0.2) is 24.3 Å². The third kappa shape index (κ3) is 9.50. The van der Waals surface area contributed by atoms with Gasteiger partial charge in [-0.1, -0.05) is 32.4 Å². The number of nitrogens with one attached hydrogen (secondary N) is 3. The molecule has 3 amide bonds. The molecule has 0 heterocycles. The zero-order valence-corrected chi connectivity index (χ0v) is 20.3. The van der Waals surface area contributed by atoms with E-state index in [0.29, 0.717) is 12.0 Å². The smallest absolute Gasteiger partial charge is 0.328 e. The van der Waals surface area contributed by atoms with E-state index in [2.05, 4.69) is 10.6 Å². The summed E-state index contributed by atoms with van der Waals surface area (Å²) in [7, 11) is 0. The number of carboxylic acid groups (broad SMARTS) is 2. The van der Waals surface area contributed by atoms with Crippen molar-refractivity contribution in [1.82, 2.24) is 16.0 Å². The summed E-state index contributed by atoms with van der Waals surface area (Å²) in [6.45, 7) is 4.55. The van der Waals surface area contributed by atoms with Gasteiger partial charge >= 0.3 is 11.9 Å². The lowest BCUT2D eigenvalue weighted by Crippen LogP contribution is -2.60. The molecule has 0 aliphatic carbocycles. The largest absolute Gasteiger partial charge is 0.508 e. The Morgan fingerprint density at radius 2 is 1.44 bits per heavy atom. The Morgan fingerprint density at radius 1 is 0.889 bits per heavy atom. The molecule has 0 aliphatic heterocycles. The Morgan fingerprint density at radius 3 is 1.92 bits per heavy atom. The molecule has 36 heavy (non-hydrogen) atoms. The van der Waals surface area contributed by atoms with Crippen molar-refractivity contribution in [2.75, 3.05) is 0 Å². The van der Waals surface area contributed by atoms with Crippen LogP contribution in [0.3, 0.4) is 0 Å². The first kappa shape index (κ1) is 30.3. The van der Waals surface area contributed by atoms with Gasteiger partial charge < -0.3 is 42.1 Å². The molecule has 0 spiro atoms. The molecule has 6 atom stereocenters. The summed E-state index contributed by atoms with van der Waals surface area (Å²) < 4.78 is 0. The molecule has 0 saturated carbocycles. The lowest BCUT2D eigenvalue weighted by Gasteiger charge is -2.27. The molecule has 200 valence electrons. The molecule has 0 bridgehead atoms. The van der Waals surface area contributed by atoms with Crippen molar-refractivity contribution >= 4 is 29.7 Å². The zero-order valence-electron chi connectivity index (χ0n) is 20.3. The predicted octanol–water partition coefficient (Wildman–Crippen LogP) is -1.30. The molecule has 0 saturated heterocycles. The maximum atomic E-state index is 13.0. The Labute approximate surface area is 208 Å². The van der Waals surface area contributed by atoms with E-state index < -0.39 is 72.3 Å². The van der Waals surface area contributed by atoms with Gasteiger partial charge in [-0.25, -0.2) is 4.79 Å². The summed E-state index contributed by atoms with van der Waals surface area (Å²) in [6, 6.07) is 0.435. The summed E-state index contributed by atoms with van der Waals surface area (Å²) in [5.41, 5.74) is 6.65. The van der Waals surface area contributed by atoms with E-state index >= 15 is 0 Å². The summed E-state index contributed by atoms with van der Waals surface area (Å²) in [5.74, 6) is -6.04. The number of aromatic hydroxyl groups is 1. The third-order valence-electron chi connectivity index (χ3n) is 5.58. The average molecular weight is 511 g/mol. The number of aliphatic carboxylic acids is 2. The van der Waals surface area contributed by atoms with Crippen molar-refractivity contribution < 1.29 is 44.4 Å². The van der Waals surface area contributed by atoms with Gasteiger partial charge in [0.15, 0.2) is 6.04 Å². The minimum atomic E-state index is -1.73. The second kappa shape index (κ2) is 14.0. The number of hydrogen-bond donors (Lipinski definition) is 8. The summed E-state index contributed by atoms with van der Waals surface area (Å²) in [6.07, 6.45) is -1.81. The highest BCUT2D eigenvalue weighted by Crippen LogP contribution is 2.13. The number of nitrogens with two attached hydrogens (primary N) is 1. The Bertz CT molecular complexity index is 936. The maximum absolute atomic E-state index is 13.0. The van der Waals surface area contributed by atoms with Gasteiger partial charge in [-0.15, -0.1) is 0 Å². The second-order valence-electron chi connectivity index (χ2n) is 8.57. The topological polar surface area (TPSA) is 228 Å². The fourth-order valence-corrected chi connectivity index (χ4v) is 3.23. The van der Waals surface area contributed by atoms with E-state index in [9.17, 15) is 34.2 Å². The van der Waals surface area contributed by atoms with E-state index in [1.54, 1.807) is 26.0 Å². The Hall–Kier alpha value is -3.71. The molecular weight excluding hydrogens is 476 g/mol. The fourth-order valence-electron chi connectivity index (χ4n) is 3.23. The first-order chi connectivity index (χ1) is 16.8. The van der Waals surface area contributed by atoms with Crippen LogP contribution in [-0.2, 0) is 30.4 Å². The van der Waals surface area contributed by atoms with Crippen LogP contribution in [0, 0.1) is 5.92 Å². The van der Waals surface area contributed by atoms with Crippen LogP contribution in [0.1, 0.15) is 39.2 Å². The maximum Gasteiger partial charge on any atom is 0.328 e. The van der Waals surface area contributed by atoms with Gasteiger partial charge in [-0.3, -0.25) is 19.2 Å². The van der Waals surface area contributed by atoms with Crippen molar-refractivity contribution in [2.24, 2.45) is 11.7 Å². The van der Waals surface area contributed by atoms with Gasteiger partial charge in [-0.2, -0.15) is 0 Å². The Balaban J connectivity index is 3.00. The highest BCUT2D eigenvalue weighted by atomic mass is 16.4. The molecule has 1 aromatic rings. The second-order valence-corrected chi connectivity index (χ2v) is 8.57. The van der Waals surface area contributed by atoms with Crippen LogP contribution in [0.2, 0.25) is 0 Å². The number of rotatable bonds is 14. The molecule has 13 heteroatoms. The van der Waals surface area contributed by atoms with Gasteiger partial charge in [-0.05, 0) is 37.0 Å². The molecule has 0 aromatic heterocycles. The van der Waals surface area contributed by atoms with Gasteiger partial charge in [0.05, 0.1) is 18.6 Å². The van der Waals surface area contributed by atoms with E-state index in [4.69, 9.17) is 15.9 Å². The molecule has 9 N–H and O–H groups in total. The first-order valence-electron chi connectivity index (χ1n) is 11.3. The van der Waals surface area contributed by atoms with Crippen molar-refractivity contribution in [3.8, 4) is 5.75 Å². The van der Waals surface area contributed by atoms with Gasteiger partial charge in [0.25, 0.3) is 0 Å². The molecule has 1 aromatic carbocycles. The number of hydrogen-bond acceptors (Lipinski definition) is 8. The highest BCUT2D eigenvalue weighted by Gasteiger charge is 2.34. The molecule has 0 fully saturated rings. The molecule has 13 nitrogen and oxygen atoms in total. The van der Waals surface area contributed by atoms with Gasteiger partial charge in [0.2, 0.25) is 17.7 Å². The number of phenolic OH excluding ortho intramolecular Hbond substituents is 1. The van der Waals surface area contributed by atoms with E-state index in [1.807, 2.05) is 5.32 Å². The molecular formula is C23H34N4O9. The quantitative estimate of drug-likeness (QED) is 0.147. The predicted molar refractivity (Wildman–Crippen MR) is 127 cm³/mol.